The first-order valence-corrected chi connectivity index (χ1v) is 9.08. The van der Waals surface area contributed by atoms with Crippen molar-refractivity contribution in [3.63, 3.8) is 0 Å². The zero-order chi connectivity index (χ0) is 18.5. The van der Waals surface area contributed by atoms with Crippen molar-refractivity contribution in [3.8, 4) is 5.75 Å². The fourth-order valence-electron chi connectivity index (χ4n) is 2.48. The molecule has 0 heterocycles. The molecule has 0 saturated heterocycles. The normalized spacial score (nSPS) is 12.7. The highest BCUT2D eigenvalue weighted by atomic mass is 79.9. The lowest BCUT2D eigenvalue weighted by molar-refractivity contribution is -0.127. The molecule has 0 spiro atoms. The number of hydrogen-bond donors (Lipinski definition) is 1. The van der Waals surface area contributed by atoms with Crippen molar-refractivity contribution in [2.75, 3.05) is 0 Å². The van der Waals surface area contributed by atoms with Crippen LogP contribution in [0.25, 0.3) is 10.8 Å². The number of halogens is 1. The van der Waals surface area contributed by atoms with Gasteiger partial charge in [0.05, 0.1) is 5.71 Å². The highest BCUT2D eigenvalue weighted by Gasteiger charge is 2.14. The Bertz CT molecular complexity index is 952. The first kappa shape index (κ1) is 18.1. The SMILES string of the molecule is C/C(=N\NC(=O)[C@H](C)Oc1ccc2ccccc2c1)c1ccc(Br)cc1. The maximum absolute atomic E-state index is 12.3. The van der Waals surface area contributed by atoms with E-state index in [0.29, 0.717) is 5.75 Å². The molecule has 0 fully saturated rings. The van der Waals surface area contributed by atoms with Crippen LogP contribution < -0.4 is 10.2 Å². The lowest BCUT2D eigenvalue weighted by atomic mass is 10.1. The van der Waals surface area contributed by atoms with Crippen LogP contribution in [0.2, 0.25) is 0 Å². The minimum atomic E-state index is -0.655. The van der Waals surface area contributed by atoms with E-state index in [0.717, 1.165) is 26.5 Å². The largest absolute Gasteiger partial charge is 0.481 e. The molecule has 3 rings (SSSR count). The number of carbonyl (C=O) groups excluding carboxylic acids is 1. The van der Waals surface area contributed by atoms with Crippen molar-refractivity contribution < 1.29 is 9.53 Å². The van der Waals surface area contributed by atoms with Crippen LogP contribution in [0.15, 0.2) is 76.3 Å². The molecule has 0 unspecified atom stereocenters. The van der Waals surface area contributed by atoms with Crippen molar-refractivity contribution in [2.24, 2.45) is 5.10 Å². The van der Waals surface area contributed by atoms with Crippen LogP contribution in [0.3, 0.4) is 0 Å². The van der Waals surface area contributed by atoms with E-state index < -0.39 is 6.10 Å². The average molecular weight is 411 g/mol. The summed E-state index contributed by atoms with van der Waals surface area (Å²) in [5, 5.41) is 6.36. The molecule has 0 aliphatic rings. The molecule has 0 saturated carbocycles. The van der Waals surface area contributed by atoms with Gasteiger partial charge in [0, 0.05) is 4.47 Å². The van der Waals surface area contributed by atoms with Crippen LogP contribution in [-0.2, 0) is 4.79 Å². The van der Waals surface area contributed by atoms with Crippen LogP contribution in [0.5, 0.6) is 5.75 Å². The summed E-state index contributed by atoms with van der Waals surface area (Å²) in [4.78, 5) is 12.3. The molecule has 0 radical (unpaired) electrons. The Morgan fingerprint density at radius 1 is 1.04 bits per heavy atom. The van der Waals surface area contributed by atoms with E-state index in [1.54, 1.807) is 6.92 Å². The summed E-state index contributed by atoms with van der Waals surface area (Å²) in [7, 11) is 0. The summed E-state index contributed by atoms with van der Waals surface area (Å²) in [5.41, 5.74) is 4.23. The number of hydrazone groups is 1. The topological polar surface area (TPSA) is 50.7 Å². The third-order valence-electron chi connectivity index (χ3n) is 4.00. The van der Waals surface area contributed by atoms with Gasteiger partial charge in [0.15, 0.2) is 6.10 Å². The molecule has 1 N–H and O–H groups in total. The van der Waals surface area contributed by atoms with Crippen LogP contribution in [0.1, 0.15) is 19.4 Å². The Morgan fingerprint density at radius 3 is 2.46 bits per heavy atom. The second-order valence-corrected chi connectivity index (χ2v) is 6.86. The molecular weight excluding hydrogens is 392 g/mol. The van der Waals surface area contributed by atoms with Gasteiger partial charge >= 0.3 is 0 Å². The van der Waals surface area contributed by atoms with E-state index in [1.165, 1.54) is 0 Å². The third-order valence-corrected chi connectivity index (χ3v) is 4.53. The quantitative estimate of drug-likeness (QED) is 0.479. The Hall–Kier alpha value is -2.66. The molecule has 26 heavy (non-hydrogen) atoms. The van der Waals surface area contributed by atoms with Gasteiger partial charge in [0.2, 0.25) is 0 Å². The van der Waals surface area contributed by atoms with Gasteiger partial charge in [0.25, 0.3) is 5.91 Å². The van der Waals surface area contributed by atoms with E-state index in [4.69, 9.17) is 4.74 Å². The number of fused-ring (bicyclic) bond motifs is 1. The highest BCUT2D eigenvalue weighted by Crippen LogP contribution is 2.21. The molecule has 1 amide bonds. The summed E-state index contributed by atoms with van der Waals surface area (Å²) in [6.45, 7) is 3.55. The van der Waals surface area contributed by atoms with Gasteiger partial charge in [-0.3, -0.25) is 4.79 Å². The smallest absolute Gasteiger partial charge is 0.280 e. The fourth-order valence-corrected chi connectivity index (χ4v) is 2.75. The molecule has 3 aromatic carbocycles. The standard InChI is InChI=1S/C21H19BrN2O2/c1-14(16-7-10-19(22)11-8-16)23-24-21(25)15(2)26-20-12-9-17-5-3-4-6-18(17)13-20/h3-13,15H,1-2H3,(H,24,25)/b23-14+/t15-/m0/s1. The fraction of sp³-hybridized carbons (Fsp3) is 0.143. The van der Waals surface area contributed by atoms with E-state index >= 15 is 0 Å². The number of ether oxygens (including phenoxy) is 1. The molecule has 132 valence electrons. The zero-order valence-corrected chi connectivity index (χ0v) is 16.2. The highest BCUT2D eigenvalue weighted by molar-refractivity contribution is 9.10. The maximum atomic E-state index is 12.3. The Kier molecular flexibility index (Phi) is 5.68. The second-order valence-electron chi connectivity index (χ2n) is 5.95. The molecule has 0 aromatic heterocycles. The summed E-state index contributed by atoms with van der Waals surface area (Å²) in [5.74, 6) is 0.356. The number of amides is 1. The Labute approximate surface area is 161 Å². The number of benzene rings is 3. The van der Waals surface area contributed by atoms with Gasteiger partial charge in [-0.15, -0.1) is 0 Å². The van der Waals surface area contributed by atoms with Crippen LogP contribution in [0, 0.1) is 0 Å². The van der Waals surface area contributed by atoms with Crippen molar-refractivity contribution in [1.29, 1.82) is 0 Å². The van der Waals surface area contributed by atoms with E-state index in [2.05, 4.69) is 26.5 Å². The second kappa shape index (κ2) is 8.15. The van der Waals surface area contributed by atoms with E-state index in [1.807, 2.05) is 73.7 Å². The first-order chi connectivity index (χ1) is 12.5. The number of carbonyl (C=O) groups is 1. The van der Waals surface area contributed by atoms with Gasteiger partial charge in [-0.05, 0) is 54.4 Å². The molecule has 1 atom stereocenters. The van der Waals surface area contributed by atoms with Crippen LogP contribution in [0.4, 0.5) is 0 Å². The van der Waals surface area contributed by atoms with Gasteiger partial charge in [-0.1, -0.05) is 58.4 Å². The molecule has 0 aliphatic heterocycles. The summed E-state index contributed by atoms with van der Waals surface area (Å²) >= 11 is 3.40. The summed E-state index contributed by atoms with van der Waals surface area (Å²) < 4.78 is 6.75. The predicted molar refractivity (Wildman–Crippen MR) is 109 cm³/mol. The zero-order valence-electron chi connectivity index (χ0n) is 14.6. The minimum absolute atomic E-state index is 0.297. The van der Waals surface area contributed by atoms with Crippen molar-refractivity contribution >= 4 is 38.3 Å². The third kappa shape index (κ3) is 4.49. The lowest BCUT2D eigenvalue weighted by Gasteiger charge is -2.14. The minimum Gasteiger partial charge on any atom is -0.481 e. The number of nitrogens with one attached hydrogen (secondary N) is 1. The lowest BCUT2D eigenvalue weighted by Crippen LogP contribution is -2.33. The van der Waals surface area contributed by atoms with Gasteiger partial charge < -0.3 is 4.74 Å². The van der Waals surface area contributed by atoms with E-state index in [-0.39, 0.29) is 5.91 Å². The number of rotatable bonds is 5. The van der Waals surface area contributed by atoms with Gasteiger partial charge in [0.1, 0.15) is 5.75 Å². The molecule has 0 aliphatic carbocycles. The maximum Gasteiger partial charge on any atom is 0.280 e. The first-order valence-electron chi connectivity index (χ1n) is 8.28. The summed E-state index contributed by atoms with van der Waals surface area (Å²) in [6, 6.07) is 21.5. The average Bonchev–Trinajstić information content (AvgIpc) is 2.66. The van der Waals surface area contributed by atoms with Crippen molar-refractivity contribution in [1.82, 2.24) is 5.43 Å². The van der Waals surface area contributed by atoms with Crippen molar-refractivity contribution in [3.05, 3.63) is 76.8 Å². The van der Waals surface area contributed by atoms with Gasteiger partial charge in [-0.25, -0.2) is 5.43 Å². The van der Waals surface area contributed by atoms with Crippen LogP contribution >= 0.6 is 15.9 Å². The predicted octanol–water partition coefficient (Wildman–Crippen LogP) is 4.91. The molecule has 3 aromatic rings. The van der Waals surface area contributed by atoms with Crippen LogP contribution in [-0.4, -0.2) is 17.7 Å². The summed E-state index contributed by atoms with van der Waals surface area (Å²) in [6.07, 6.45) is -0.655. The molecule has 0 bridgehead atoms. The van der Waals surface area contributed by atoms with Crippen molar-refractivity contribution in [2.45, 2.75) is 20.0 Å². The van der Waals surface area contributed by atoms with Gasteiger partial charge in [-0.2, -0.15) is 5.10 Å². The Balaban J connectivity index is 1.63. The molecular formula is C21H19BrN2O2. The Morgan fingerprint density at radius 2 is 1.73 bits per heavy atom. The monoisotopic (exact) mass is 410 g/mol. The van der Waals surface area contributed by atoms with E-state index in [9.17, 15) is 4.79 Å². The number of nitrogens with zero attached hydrogens (tertiary/aromatic N) is 1. The molecule has 4 nitrogen and oxygen atoms in total. The number of hydrogen-bond acceptors (Lipinski definition) is 3. The molecule has 5 heteroatoms.